The number of aromatic nitrogens is 2. The fourth-order valence-corrected chi connectivity index (χ4v) is 2.25. The molecule has 0 unspecified atom stereocenters. The maximum atomic E-state index is 11.5. The zero-order chi connectivity index (χ0) is 13.1. The van der Waals surface area contributed by atoms with Crippen LogP contribution in [0.5, 0.6) is 0 Å². The van der Waals surface area contributed by atoms with Crippen molar-refractivity contribution in [2.24, 2.45) is 5.73 Å². The van der Waals surface area contributed by atoms with Crippen LogP contribution in [0.2, 0.25) is 0 Å². The summed E-state index contributed by atoms with van der Waals surface area (Å²) in [5.74, 6) is -0.437. The van der Waals surface area contributed by atoms with Gasteiger partial charge in [-0.15, -0.1) is 0 Å². The van der Waals surface area contributed by atoms with Crippen LogP contribution in [-0.2, 0) is 4.79 Å². The van der Waals surface area contributed by atoms with Crippen molar-refractivity contribution in [3.8, 4) is 0 Å². The van der Waals surface area contributed by atoms with E-state index >= 15 is 0 Å². The van der Waals surface area contributed by atoms with Gasteiger partial charge in [0.05, 0.1) is 16.3 Å². The number of thioether (sulfide) groups is 1. The quantitative estimate of drug-likeness (QED) is 0.726. The minimum absolute atomic E-state index is 0.437. The highest BCUT2D eigenvalue weighted by atomic mass is 32.2. The zero-order valence-corrected chi connectivity index (χ0v) is 10.5. The van der Waals surface area contributed by atoms with Crippen LogP contribution in [0, 0.1) is 0 Å². The third-order valence-electron chi connectivity index (χ3n) is 2.27. The number of nitrogens with zero attached hydrogens (tertiary/aromatic N) is 1. The molecule has 1 aromatic heterocycles. The minimum Gasteiger partial charge on any atom is -0.351 e. The first kappa shape index (κ1) is 12.4. The van der Waals surface area contributed by atoms with Gasteiger partial charge in [0, 0.05) is 0 Å². The second-order valence-electron chi connectivity index (χ2n) is 3.67. The molecule has 1 atom stereocenters. The summed E-state index contributed by atoms with van der Waals surface area (Å²) < 4.78 is 0. The molecule has 7 heteroatoms. The molecule has 0 fully saturated rings. The lowest BCUT2D eigenvalue weighted by atomic mass is 10.3. The standard InChI is InChI=1S/C11H12N4O2S/c1-6(9(16)15-10(12)17)18-11-13-7-4-2-3-5-8(7)14-11/h2-6H,1H3,(H,13,14)(H3,12,15,16,17)/t6-/m1/s1. The van der Waals surface area contributed by atoms with Gasteiger partial charge in [0.15, 0.2) is 5.16 Å². The average Bonchev–Trinajstić information content (AvgIpc) is 2.69. The molecule has 0 saturated heterocycles. The van der Waals surface area contributed by atoms with E-state index in [1.807, 2.05) is 29.6 Å². The van der Waals surface area contributed by atoms with Gasteiger partial charge in [-0.2, -0.15) is 0 Å². The maximum Gasteiger partial charge on any atom is 0.318 e. The Labute approximate surface area is 107 Å². The van der Waals surface area contributed by atoms with Crippen molar-refractivity contribution in [1.82, 2.24) is 15.3 Å². The number of fused-ring (bicyclic) bond motifs is 1. The van der Waals surface area contributed by atoms with Crippen LogP contribution in [0.4, 0.5) is 4.79 Å². The number of amides is 3. The predicted molar refractivity (Wildman–Crippen MR) is 69.1 cm³/mol. The molecule has 3 amide bonds. The highest BCUT2D eigenvalue weighted by Gasteiger charge is 2.17. The van der Waals surface area contributed by atoms with Crippen LogP contribution in [-0.4, -0.2) is 27.2 Å². The molecule has 0 spiro atoms. The molecular formula is C11H12N4O2S. The van der Waals surface area contributed by atoms with Gasteiger partial charge in [-0.05, 0) is 19.1 Å². The topological polar surface area (TPSA) is 101 Å². The van der Waals surface area contributed by atoms with Crippen LogP contribution < -0.4 is 11.1 Å². The van der Waals surface area contributed by atoms with E-state index in [0.717, 1.165) is 11.0 Å². The highest BCUT2D eigenvalue weighted by Crippen LogP contribution is 2.23. The third-order valence-corrected chi connectivity index (χ3v) is 3.26. The van der Waals surface area contributed by atoms with Crippen molar-refractivity contribution in [1.29, 1.82) is 0 Å². The van der Waals surface area contributed by atoms with Crippen LogP contribution >= 0.6 is 11.8 Å². The summed E-state index contributed by atoms with van der Waals surface area (Å²) in [6.07, 6.45) is 0. The lowest BCUT2D eigenvalue weighted by Crippen LogP contribution is -2.39. The molecule has 0 radical (unpaired) electrons. The molecule has 2 rings (SSSR count). The minimum atomic E-state index is -0.850. The predicted octanol–water partition coefficient (Wildman–Crippen LogP) is 1.24. The maximum absolute atomic E-state index is 11.5. The number of carbonyl (C=O) groups excluding carboxylic acids is 2. The number of para-hydroxylation sites is 2. The number of urea groups is 1. The number of H-pyrrole nitrogens is 1. The van der Waals surface area contributed by atoms with Crippen molar-refractivity contribution in [2.45, 2.75) is 17.3 Å². The molecule has 1 heterocycles. The number of carbonyl (C=O) groups is 2. The lowest BCUT2D eigenvalue weighted by molar-refractivity contribution is -0.119. The average molecular weight is 264 g/mol. The number of rotatable bonds is 3. The van der Waals surface area contributed by atoms with Gasteiger partial charge in [0.1, 0.15) is 0 Å². The van der Waals surface area contributed by atoms with Crippen LogP contribution in [0.25, 0.3) is 11.0 Å². The Kier molecular flexibility index (Phi) is 3.52. The summed E-state index contributed by atoms with van der Waals surface area (Å²) in [6, 6.07) is 6.72. The molecule has 1 aromatic carbocycles. The number of nitrogens with one attached hydrogen (secondary N) is 2. The highest BCUT2D eigenvalue weighted by molar-refractivity contribution is 8.00. The van der Waals surface area contributed by atoms with Gasteiger partial charge in [-0.3, -0.25) is 10.1 Å². The van der Waals surface area contributed by atoms with E-state index in [0.29, 0.717) is 5.16 Å². The zero-order valence-electron chi connectivity index (χ0n) is 9.64. The summed E-state index contributed by atoms with van der Waals surface area (Å²) in [4.78, 5) is 29.5. The molecule has 4 N–H and O–H groups in total. The largest absolute Gasteiger partial charge is 0.351 e. The van der Waals surface area contributed by atoms with Gasteiger partial charge in [0.2, 0.25) is 5.91 Å². The summed E-state index contributed by atoms with van der Waals surface area (Å²) >= 11 is 1.23. The first-order valence-corrected chi connectivity index (χ1v) is 6.16. The lowest BCUT2D eigenvalue weighted by Gasteiger charge is -2.07. The van der Waals surface area contributed by atoms with Gasteiger partial charge in [-0.25, -0.2) is 9.78 Å². The molecule has 2 aromatic rings. The first-order chi connectivity index (χ1) is 8.56. The van der Waals surface area contributed by atoms with Crippen molar-refractivity contribution in [3.05, 3.63) is 24.3 Å². The number of aromatic amines is 1. The molecule has 0 aliphatic carbocycles. The Bertz CT molecular complexity index is 562. The number of benzene rings is 1. The number of imidazole rings is 1. The summed E-state index contributed by atoms with van der Waals surface area (Å²) in [7, 11) is 0. The Morgan fingerprint density at radius 3 is 2.83 bits per heavy atom. The molecule has 94 valence electrons. The molecule has 0 aliphatic heterocycles. The van der Waals surface area contributed by atoms with Gasteiger partial charge >= 0.3 is 6.03 Å². The van der Waals surface area contributed by atoms with Crippen molar-refractivity contribution in [2.75, 3.05) is 0 Å². The van der Waals surface area contributed by atoms with E-state index in [2.05, 4.69) is 9.97 Å². The van der Waals surface area contributed by atoms with E-state index in [9.17, 15) is 9.59 Å². The van der Waals surface area contributed by atoms with Crippen LogP contribution in [0.15, 0.2) is 29.4 Å². The van der Waals surface area contributed by atoms with Gasteiger partial charge in [0.25, 0.3) is 0 Å². The second kappa shape index (κ2) is 5.09. The van der Waals surface area contributed by atoms with Crippen LogP contribution in [0.1, 0.15) is 6.92 Å². The third kappa shape index (κ3) is 2.80. The SMILES string of the molecule is C[C@@H](Sc1nc2ccccc2[nH]1)C(=O)NC(N)=O. The monoisotopic (exact) mass is 264 g/mol. The summed E-state index contributed by atoms with van der Waals surface area (Å²) in [6.45, 7) is 1.68. The number of nitrogens with two attached hydrogens (primary N) is 1. The fraction of sp³-hybridized carbons (Fsp3) is 0.182. The number of hydrogen-bond donors (Lipinski definition) is 3. The van der Waals surface area contributed by atoms with E-state index in [1.165, 1.54) is 11.8 Å². The van der Waals surface area contributed by atoms with Crippen molar-refractivity contribution >= 4 is 34.7 Å². The Morgan fingerprint density at radius 1 is 1.44 bits per heavy atom. The molecule has 0 saturated carbocycles. The Hall–Kier alpha value is -2.02. The fourth-order valence-electron chi connectivity index (χ4n) is 1.43. The number of imide groups is 1. The first-order valence-electron chi connectivity index (χ1n) is 5.28. The van der Waals surface area contributed by atoms with E-state index in [-0.39, 0.29) is 0 Å². The van der Waals surface area contributed by atoms with Gasteiger partial charge < -0.3 is 10.7 Å². The van der Waals surface area contributed by atoms with Crippen LogP contribution in [0.3, 0.4) is 0 Å². The van der Waals surface area contributed by atoms with Crippen molar-refractivity contribution in [3.63, 3.8) is 0 Å². The Balaban J connectivity index is 2.09. The second-order valence-corrected chi connectivity index (χ2v) is 5.00. The van der Waals surface area contributed by atoms with Crippen molar-refractivity contribution < 1.29 is 9.59 Å². The summed E-state index contributed by atoms with van der Waals surface area (Å²) in [5, 5.41) is 2.20. The van der Waals surface area contributed by atoms with E-state index < -0.39 is 17.2 Å². The molecule has 18 heavy (non-hydrogen) atoms. The van der Waals surface area contributed by atoms with E-state index in [4.69, 9.17) is 5.73 Å². The smallest absolute Gasteiger partial charge is 0.318 e. The molecular weight excluding hydrogens is 252 g/mol. The number of hydrogen-bond acceptors (Lipinski definition) is 4. The summed E-state index contributed by atoms with van der Waals surface area (Å²) in [5.41, 5.74) is 6.62. The molecule has 0 bridgehead atoms. The number of primary amides is 1. The van der Waals surface area contributed by atoms with Gasteiger partial charge in [-0.1, -0.05) is 23.9 Å². The molecule has 6 nitrogen and oxygen atoms in total. The Morgan fingerprint density at radius 2 is 2.17 bits per heavy atom. The molecule has 0 aliphatic rings. The van der Waals surface area contributed by atoms with E-state index in [1.54, 1.807) is 6.92 Å². The normalized spacial score (nSPS) is 12.3.